The number of ether oxygens (including phenoxy) is 1. The maximum Gasteiger partial charge on any atom is 0.112 e. The van der Waals surface area contributed by atoms with Gasteiger partial charge in [-0.25, -0.2) is 0 Å². The highest BCUT2D eigenvalue weighted by Crippen LogP contribution is 2.23. The Labute approximate surface area is 124 Å². The van der Waals surface area contributed by atoms with Crippen LogP contribution in [0.25, 0.3) is 0 Å². The number of anilines is 1. The van der Waals surface area contributed by atoms with Crippen LogP contribution in [0.1, 0.15) is 23.1 Å². The van der Waals surface area contributed by atoms with Crippen LogP contribution in [-0.2, 0) is 18.3 Å². The van der Waals surface area contributed by atoms with Gasteiger partial charge in [-0.2, -0.15) is 5.10 Å². The van der Waals surface area contributed by atoms with Crippen molar-refractivity contribution in [1.82, 2.24) is 19.7 Å². The molecule has 1 aliphatic heterocycles. The highest BCUT2D eigenvalue weighted by molar-refractivity contribution is 5.40. The molecule has 6 heteroatoms. The highest BCUT2D eigenvalue weighted by atomic mass is 16.5. The van der Waals surface area contributed by atoms with Crippen LogP contribution in [0.15, 0.2) is 24.5 Å². The van der Waals surface area contributed by atoms with Crippen LogP contribution >= 0.6 is 0 Å². The fourth-order valence-electron chi connectivity index (χ4n) is 2.72. The summed E-state index contributed by atoms with van der Waals surface area (Å²) in [6, 6.07) is 3.78. The van der Waals surface area contributed by atoms with Gasteiger partial charge in [0.05, 0.1) is 18.5 Å². The molecule has 0 bridgehead atoms. The van der Waals surface area contributed by atoms with E-state index in [0.29, 0.717) is 6.61 Å². The van der Waals surface area contributed by atoms with Crippen LogP contribution < -0.4 is 5.73 Å². The summed E-state index contributed by atoms with van der Waals surface area (Å²) >= 11 is 0. The number of nitrogen functional groups attached to an aromatic ring is 1. The summed E-state index contributed by atoms with van der Waals surface area (Å²) in [7, 11) is 1.94. The van der Waals surface area contributed by atoms with Gasteiger partial charge >= 0.3 is 0 Å². The third-order valence-electron chi connectivity index (χ3n) is 3.64. The van der Waals surface area contributed by atoms with Gasteiger partial charge in [-0.05, 0) is 19.1 Å². The zero-order chi connectivity index (χ0) is 14.8. The van der Waals surface area contributed by atoms with Crippen molar-refractivity contribution in [2.24, 2.45) is 7.05 Å². The number of rotatable bonds is 3. The smallest absolute Gasteiger partial charge is 0.112 e. The molecule has 0 aromatic carbocycles. The van der Waals surface area contributed by atoms with Crippen LogP contribution in [0.2, 0.25) is 0 Å². The van der Waals surface area contributed by atoms with E-state index < -0.39 is 0 Å². The lowest BCUT2D eigenvalue weighted by Gasteiger charge is -2.32. The third kappa shape index (κ3) is 3.40. The molecule has 21 heavy (non-hydrogen) atoms. The van der Waals surface area contributed by atoms with E-state index in [-0.39, 0.29) is 6.10 Å². The maximum atomic E-state index is 5.91. The van der Waals surface area contributed by atoms with Crippen molar-refractivity contribution >= 4 is 5.69 Å². The Kier molecular flexibility index (Phi) is 3.90. The minimum Gasteiger partial charge on any atom is -0.399 e. The summed E-state index contributed by atoms with van der Waals surface area (Å²) in [5, 5.41) is 4.21. The zero-order valence-electron chi connectivity index (χ0n) is 12.5. The number of nitrogens with two attached hydrogens (primary N) is 1. The largest absolute Gasteiger partial charge is 0.399 e. The molecule has 6 nitrogen and oxygen atoms in total. The molecule has 1 saturated heterocycles. The van der Waals surface area contributed by atoms with Gasteiger partial charge in [0.15, 0.2) is 0 Å². The molecule has 2 N–H and O–H groups in total. The van der Waals surface area contributed by atoms with Gasteiger partial charge in [0.25, 0.3) is 0 Å². The number of nitrogens with zero attached hydrogens (tertiary/aromatic N) is 4. The molecule has 0 aliphatic carbocycles. The molecule has 3 heterocycles. The fraction of sp³-hybridized carbons (Fsp3) is 0.467. The molecular weight excluding hydrogens is 266 g/mol. The second-order valence-corrected chi connectivity index (χ2v) is 5.58. The van der Waals surface area contributed by atoms with Crippen LogP contribution in [0.4, 0.5) is 5.69 Å². The Balaban J connectivity index is 1.70. The number of aromatic nitrogens is 3. The lowest BCUT2D eigenvalue weighted by Crippen LogP contribution is -2.38. The number of hydrogen-bond acceptors (Lipinski definition) is 5. The van der Waals surface area contributed by atoms with Crippen molar-refractivity contribution in [2.45, 2.75) is 19.6 Å². The van der Waals surface area contributed by atoms with Crippen molar-refractivity contribution in [3.05, 3.63) is 41.5 Å². The van der Waals surface area contributed by atoms with E-state index in [1.54, 1.807) is 0 Å². The molecule has 1 atom stereocenters. The first-order valence-electron chi connectivity index (χ1n) is 7.16. The predicted octanol–water partition coefficient (Wildman–Crippen LogP) is 1.28. The number of pyridine rings is 1. The molecular formula is C15H21N5O. The van der Waals surface area contributed by atoms with E-state index >= 15 is 0 Å². The average molecular weight is 287 g/mol. The third-order valence-corrected chi connectivity index (χ3v) is 3.64. The Morgan fingerprint density at radius 2 is 2.29 bits per heavy atom. The molecule has 2 aromatic rings. The summed E-state index contributed by atoms with van der Waals surface area (Å²) in [6.45, 7) is 5.29. The van der Waals surface area contributed by atoms with Gasteiger partial charge in [-0.3, -0.25) is 14.6 Å². The molecule has 1 aliphatic rings. The normalized spacial score (nSPS) is 19.8. The minimum absolute atomic E-state index is 0.0161. The standard InChI is InChI=1S/C15H21N5O/c1-11-5-13(16)6-14(18-11)15-10-20(3-4-21-15)9-12-7-17-19(2)8-12/h5-8,15H,3-4,9-10H2,1-2H3,(H2,16,18)/t15-/m1/s1. The van der Waals surface area contributed by atoms with Crippen molar-refractivity contribution < 1.29 is 4.74 Å². The predicted molar refractivity (Wildman–Crippen MR) is 80.6 cm³/mol. The molecule has 0 unspecified atom stereocenters. The van der Waals surface area contributed by atoms with E-state index in [9.17, 15) is 0 Å². The Morgan fingerprint density at radius 1 is 1.43 bits per heavy atom. The van der Waals surface area contributed by atoms with E-state index in [2.05, 4.69) is 15.0 Å². The molecule has 0 saturated carbocycles. The number of morpholine rings is 1. The summed E-state index contributed by atoms with van der Waals surface area (Å²) < 4.78 is 7.70. The van der Waals surface area contributed by atoms with E-state index in [4.69, 9.17) is 10.5 Å². The lowest BCUT2D eigenvalue weighted by atomic mass is 10.1. The van der Waals surface area contributed by atoms with Gasteiger partial charge in [0.2, 0.25) is 0 Å². The number of aryl methyl sites for hydroxylation is 2. The summed E-state index contributed by atoms with van der Waals surface area (Å²) in [5.41, 5.74) is 9.71. The second-order valence-electron chi connectivity index (χ2n) is 5.58. The van der Waals surface area contributed by atoms with Crippen LogP contribution in [-0.4, -0.2) is 39.4 Å². The van der Waals surface area contributed by atoms with Crippen molar-refractivity contribution in [3.8, 4) is 0 Å². The van der Waals surface area contributed by atoms with Gasteiger partial charge in [0, 0.05) is 49.8 Å². The maximum absolute atomic E-state index is 5.91. The van der Waals surface area contributed by atoms with Crippen molar-refractivity contribution in [2.75, 3.05) is 25.4 Å². The Hall–Kier alpha value is -1.92. The molecule has 0 radical (unpaired) electrons. The Bertz CT molecular complexity index is 604. The van der Waals surface area contributed by atoms with Crippen LogP contribution in [0.3, 0.4) is 0 Å². The fourth-order valence-corrected chi connectivity index (χ4v) is 2.72. The van der Waals surface area contributed by atoms with Gasteiger partial charge in [0.1, 0.15) is 6.10 Å². The van der Waals surface area contributed by atoms with Crippen LogP contribution in [0.5, 0.6) is 0 Å². The second kappa shape index (κ2) is 5.83. The van der Waals surface area contributed by atoms with E-state index in [1.165, 1.54) is 5.56 Å². The van der Waals surface area contributed by atoms with Gasteiger partial charge in [-0.1, -0.05) is 0 Å². The topological polar surface area (TPSA) is 69.2 Å². The lowest BCUT2D eigenvalue weighted by molar-refractivity contribution is -0.0350. The van der Waals surface area contributed by atoms with E-state index in [1.807, 2.05) is 43.2 Å². The molecule has 0 spiro atoms. The first kappa shape index (κ1) is 14.0. The van der Waals surface area contributed by atoms with Crippen molar-refractivity contribution in [1.29, 1.82) is 0 Å². The first-order valence-corrected chi connectivity index (χ1v) is 7.16. The monoisotopic (exact) mass is 287 g/mol. The molecule has 2 aromatic heterocycles. The Morgan fingerprint density at radius 3 is 3.00 bits per heavy atom. The highest BCUT2D eigenvalue weighted by Gasteiger charge is 2.23. The number of hydrogen-bond donors (Lipinski definition) is 1. The van der Waals surface area contributed by atoms with E-state index in [0.717, 1.165) is 36.7 Å². The summed E-state index contributed by atoms with van der Waals surface area (Å²) in [4.78, 5) is 6.92. The van der Waals surface area contributed by atoms with Gasteiger partial charge < -0.3 is 10.5 Å². The molecule has 3 rings (SSSR count). The molecule has 112 valence electrons. The molecule has 0 amide bonds. The quantitative estimate of drug-likeness (QED) is 0.921. The van der Waals surface area contributed by atoms with Crippen LogP contribution in [0, 0.1) is 6.92 Å². The van der Waals surface area contributed by atoms with Crippen molar-refractivity contribution in [3.63, 3.8) is 0 Å². The summed E-state index contributed by atoms with van der Waals surface area (Å²) in [5.74, 6) is 0. The van der Waals surface area contributed by atoms with Gasteiger partial charge in [-0.15, -0.1) is 0 Å². The zero-order valence-corrected chi connectivity index (χ0v) is 12.5. The summed E-state index contributed by atoms with van der Waals surface area (Å²) in [6.07, 6.45) is 3.94. The molecule has 1 fully saturated rings. The average Bonchev–Trinajstić information content (AvgIpc) is 2.83. The minimum atomic E-state index is -0.0161. The SMILES string of the molecule is Cc1cc(N)cc([C@H]2CN(Cc3cnn(C)c3)CCO2)n1. The first-order chi connectivity index (χ1) is 10.1.